The lowest BCUT2D eigenvalue weighted by Crippen LogP contribution is -2.18. The van der Waals surface area contributed by atoms with Gasteiger partial charge in [0.25, 0.3) is 0 Å². The van der Waals surface area contributed by atoms with Crippen LogP contribution in [0.1, 0.15) is 84.1 Å². The molecular weight excluding hydrogens is 631 g/mol. The van der Waals surface area contributed by atoms with Gasteiger partial charge in [-0.1, -0.05) is 82.2 Å². The summed E-state index contributed by atoms with van der Waals surface area (Å²) in [6.45, 7) is 10.5. The molecule has 0 amide bonds. The Morgan fingerprint density at radius 1 is 1.30 bits per heavy atom. The van der Waals surface area contributed by atoms with E-state index < -0.39 is 0 Å². The molecule has 0 heterocycles. The van der Waals surface area contributed by atoms with Gasteiger partial charge in [0, 0.05) is 29.3 Å². The van der Waals surface area contributed by atoms with E-state index >= 15 is 0 Å². The highest BCUT2D eigenvalue weighted by Gasteiger charge is 2.31. The lowest BCUT2D eigenvalue weighted by atomic mass is 9.73. The van der Waals surface area contributed by atoms with Crippen LogP contribution in [0, 0.1) is 5.92 Å². The Hall–Kier alpha value is -0.305. The monoisotopic (exact) mass is 675 g/mol. The summed E-state index contributed by atoms with van der Waals surface area (Å²) in [4.78, 5) is 12.5. The summed E-state index contributed by atoms with van der Waals surface area (Å²) >= 11 is 11.8. The van der Waals surface area contributed by atoms with Gasteiger partial charge in [0.15, 0.2) is 0 Å². The number of allylic oxidation sites excluding steroid dienone is 3. The highest BCUT2D eigenvalue weighted by atomic mass is 79.9. The largest absolute Gasteiger partial charge is 0.507 e. The maximum Gasteiger partial charge on any atom is 0.372 e. The predicted octanol–water partition coefficient (Wildman–Crippen LogP) is 10.1. The third kappa shape index (κ3) is 14.6. The molecule has 37 heavy (non-hydrogen) atoms. The number of aromatic hydroxyl groups is 1. The Bertz CT molecular complexity index is 853. The summed E-state index contributed by atoms with van der Waals surface area (Å²) in [6.07, 6.45) is 10.5. The number of hydrogen-bond donors (Lipinski definition) is 2. The Morgan fingerprint density at radius 3 is 2.51 bits per heavy atom. The van der Waals surface area contributed by atoms with Crippen LogP contribution in [0.5, 0.6) is 11.5 Å². The van der Waals surface area contributed by atoms with E-state index in [4.69, 9.17) is 6.11 Å². The number of unbranched alkanes of at least 4 members (excludes halogenated alkanes) is 2. The normalized spacial score (nSPS) is 16.8. The molecule has 0 fully saturated rings. The van der Waals surface area contributed by atoms with Crippen molar-refractivity contribution >= 4 is 69.4 Å². The Balaban J connectivity index is 0.00000150. The minimum Gasteiger partial charge on any atom is -0.507 e. The molecule has 0 unspecified atom stereocenters. The average molecular weight is 677 g/mol. The highest BCUT2D eigenvalue weighted by molar-refractivity contribution is 9.09. The van der Waals surface area contributed by atoms with Crippen LogP contribution in [0.3, 0.4) is 0 Å². The van der Waals surface area contributed by atoms with Crippen LogP contribution in [-0.4, -0.2) is 40.4 Å². The number of hydrogen-bond acceptors (Lipinski definition) is 5. The minimum atomic E-state index is -0.314. The molecule has 1 aromatic rings. The molecule has 0 saturated heterocycles. The second-order valence-electron chi connectivity index (χ2n) is 9.02. The van der Waals surface area contributed by atoms with Gasteiger partial charge in [-0.25, -0.2) is 4.79 Å². The molecule has 0 aromatic heterocycles. The number of carbonyl (C=O) groups is 1. The number of thioether (sulfide) groups is 1. The zero-order valence-electron chi connectivity index (χ0n) is 23.7. The minimum absolute atomic E-state index is 0. The van der Waals surface area contributed by atoms with E-state index in [0.717, 1.165) is 78.1 Å². The van der Waals surface area contributed by atoms with E-state index in [-0.39, 0.29) is 29.7 Å². The van der Waals surface area contributed by atoms with Crippen molar-refractivity contribution in [2.75, 3.05) is 22.2 Å². The second-order valence-corrected chi connectivity index (χ2v) is 12.1. The van der Waals surface area contributed by atoms with Gasteiger partial charge >= 0.3 is 5.30 Å². The molecule has 8 heteroatoms. The molecule has 208 valence electrons. The molecule has 0 spiro atoms. The molecular formula is C29H45BBr2O3S2. The van der Waals surface area contributed by atoms with Crippen LogP contribution in [0.25, 0.3) is 0 Å². The van der Waals surface area contributed by atoms with E-state index in [1.165, 1.54) is 23.8 Å². The second kappa shape index (κ2) is 22.5. The van der Waals surface area contributed by atoms with Crippen molar-refractivity contribution in [1.29, 1.82) is 0 Å². The van der Waals surface area contributed by atoms with Crippen molar-refractivity contribution < 1.29 is 16.0 Å². The van der Waals surface area contributed by atoms with Crippen LogP contribution < -0.4 is 4.74 Å². The Kier molecular flexibility index (Phi) is 21.1. The topological polar surface area (TPSA) is 46.5 Å². The molecule has 2 radical (unpaired) electrons. The van der Waals surface area contributed by atoms with Crippen LogP contribution in [0.2, 0.25) is 6.80 Å². The van der Waals surface area contributed by atoms with E-state index in [1.807, 2.05) is 19.1 Å². The third-order valence-corrected chi connectivity index (χ3v) is 8.20. The lowest BCUT2D eigenvalue weighted by Gasteiger charge is -2.32. The number of ether oxygens (including phenoxy) is 1. The quantitative estimate of drug-likeness (QED) is 0.0578. The van der Waals surface area contributed by atoms with Gasteiger partial charge < -0.3 is 9.84 Å². The fourth-order valence-corrected chi connectivity index (χ4v) is 6.23. The summed E-state index contributed by atoms with van der Waals surface area (Å²) in [5.41, 5.74) is 4.13. The van der Waals surface area contributed by atoms with Crippen LogP contribution in [0.4, 0.5) is 4.79 Å². The van der Waals surface area contributed by atoms with Gasteiger partial charge in [0.2, 0.25) is 0 Å². The number of aryl methyl sites for hydroxylation is 1. The Morgan fingerprint density at radius 2 is 1.97 bits per heavy atom. The molecule has 1 N–H and O–H groups in total. The maximum atomic E-state index is 12.5. The number of thiol groups is 1. The number of phenolic OH excluding ortho intramolecular Hbond substituents is 1. The summed E-state index contributed by atoms with van der Waals surface area (Å²) in [5.74, 6) is 2.61. The van der Waals surface area contributed by atoms with Crippen LogP contribution >= 0.6 is 56.3 Å². The SMILES string of the molecule is C=C(C)[C@@H]1CCC(C)=C[C@H]1c1c(O)cc(CCCCC)cc1OC(=O)SCCCBr.SCCCBr.[2H]C[B]. The van der Waals surface area contributed by atoms with Gasteiger partial charge in [-0.15, -0.1) is 0 Å². The summed E-state index contributed by atoms with van der Waals surface area (Å²) < 4.78 is 11.8. The lowest BCUT2D eigenvalue weighted by molar-refractivity contribution is 0.226. The summed E-state index contributed by atoms with van der Waals surface area (Å²) in [7, 11) is 4.51. The fourth-order valence-electron chi connectivity index (χ4n) is 4.11. The van der Waals surface area contributed by atoms with E-state index in [0.29, 0.717) is 11.5 Å². The molecule has 1 aliphatic carbocycles. The fraction of sp³-hybridized carbons (Fsp3) is 0.621. The molecule has 0 aliphatic heterocycles. The number of carbonyl (C=O) groups excluding carboxylic acids is 1. The molecule has 1 aliphatic rings. The van der Waals surface area contributed by atoms with Gasteiger partial charge in [0.05, 0.1) is 7.85 Å². The van der Waals surface area contributed by atoms with Gasteiger partial charge in [-0.2, -0.15) is 12.6 Å². The van der Waals surface area contributed by atoms with E-state index in [9.17, 15) is 9.90 Å². The zero-order valence-corrected chi connectivity index (χ0v) is 27.6. The number of benzene rings is 1. The van der Waals surface area contributed by atoms with Crippen molar-refractivity contribution in [1.82, 2.24) is 0 Å². The third-order valence-electron chi connectivity index (χ3n) is 5.95. The highest BCUT2D eigenvalue weighted by Crippen LogP contribution is 2.47. The standard InChI is InChI=1S/C25H35BrO3S.C3H7BrS.CH3B/c1-5-6-7-9-19-15-22(27)24(21-14-18(4)10-11-20(21)17(2)3)23(16-19)29-25(28)30-13-8-12-26;4-2-1-3-5;1-2/h14-16,20-21,27H,2,5-13H2,1,3-4H3;5H,1-3H2;1H3/t20-,21+;;/m0../s1/i;;1D. The number of phenols is 1. The smallest absolute Gasteiger partial charge is 0.372 e. The van der Waals surface area contributed by atoms with Gasteiger partial charge in [-0.3, -0.25) is 0 Å². The summed E-state index contributed by atoms with van der Waals surface area (Å²) in [5, 5.41) is 12.7. The first-order valence-electron chi connectivity index (χ1n) is 13.7. The number of halogens is 2. The molecule has 2 rings (SSSR count). The van der Waals surface area contributed by atoms with Gasteiger partial charge in [-0.05, 0) is 93.5 Å². The van der Waals surface area contributed by atoms with Crippen molar-refractivity contribution in [2.24, 2.45) is 5.92 Å². The van der Waals surface area contributed by atoms with Crippen LogP contribution in [0.15, 0.2) is 35.9 Å². The molecule has 0 saturated carbocycles. The maximum absolute atomic E-state index is 12.5. The van der Waals surface area contributed by atoms with Crippen molar-refractivity contribution in [3.05, 3.63) is 47.1 Å². The first-order valence-corrected chi connectivity index (χ1v) is 16.8. The van der Waals surface area contributed by atoms with Crippen molar-refractivity contribution in [3.8, 4) is 11.5 Å². The first-order chi connectivity index (χ1) is 18.2. The number of rotatable bonds is 12. The molecule has 1 aromatic carbocycles. The zero-order chi connectivity index (χ0) is 28.9. The Labute approximate surface area is 255 Å². The van der Waals surface area contributed by atoms with Gasteiger partial charge in [0.1, 0.15) is 11.5 Å². The average Bonchev–Trinajstić information content (AvgIpc) is 2.85. The number of alkyl halides is 2. The predicted molar refractivity (Wildman–Crippen MR) is 176 cm³/mol. The summed E-state index contributed by atoms with van der Waals surface area (Å²) in [6, 6.07) is 3.81. The van der Waals surface area contributed by atoms with Crippen LogP contribution in [-0.2, 0) is 6.42 Å². The van der Waals surface area contributed by atoms with E-state index in [2.05, 4.69) is 78.8 Å². The van der Waals surface area contributed by atoms with Crippen molar-refractivity contribution in [2.45, 2.75) is 84.9 Å². The van der Waals surface area contributed by atoms with E-state index in [1.54, 1.807) is 0 Å². The first kappa shape index (κ1) is 34.7. The molecule has 3 nitrogen and oxygen atoms in total. The molecule has 2 atom stereocenters. The van der Waals surface area contributed by atoms with Crippen molar-refractivity contribution in [3.63, 3.8) is 0 Å². The molecule has 0 bridgehead atoms.